The van der Waals surface area contributed by atoms with Crippen molar-refractivity contribution in [2.24, 2.45) is 0 Å². The zero-order chi connectivity index (χ0) is 24.9. The molecule has 35 heavy (non-hydrogen) atoms. The standard InChI is InChI=1S/C25H28N4O6/c1-16-13-23(35-26-16)25(31)29-11-9-28(10-12-29)24(30)8-6-19-5-7-21(22(14-19)32-4)33-15-20-17(2)27-34-18(20)3/h5-8,13-14H,9-12,15H2,1-4H3/b8-6+. The van der Waals surface area contributed by atoms with Gasteiger partial charge in [0.2, 0.25) is 11.7 Å². The van der Waals surface area contributed by atoms with E-state index in [1.807, 2.05) is 26.0 Å². The predicted octanol–water partition coefficient (Wildman–Crippen LogP) is 3.17. The van der Waals surface area contributed by atoms with E-state index in [2.05, 4.69) is 10.3 Å². The zero-order valence-electron chi connectivity index (χ0n) is 20.2. The number of ether oxygens (including phenoxy) is 2. The average molecular weight is 481 g/mol. The van der Waals surface area contributed by atoms with E-state index in [0.29, 0.717) is 50.0 Å². The van der Waals surface area contributed by atoms with Gasteiger partial charge in [0.25, 0.3) is 5.91 Å². The topological polar surface area (TPSA) is 111 Å². The molecule has 2 aromatic heterocycles. The van der Waals surface area contributed by atoms with E-state index in [-0.39, 0.29) is 17.6 Å². The van der Waals surface area contributed by atoms with Crippen LogP contribution < -0.4 is 9.47 Å². The molecular formula is C25H28N4O6. The van der Waals surface area contributed by atoms with Crippen LogP contribution in [-0.4, -0.2) is 65.2 Å². The zero-order valence-corrected chi connectivity index (χ0v) is 20.2. The largest absolute Gasteiger partial charge is 0.493 e. The summed E-state index contributed by atoms with van der Waals surface area (Å²) in [6, 6.07) is 7.08. The summed E-state index contributed by atoms with van der Waals surface area (Å²) in [5.41, 5.74) is 3.15. The fraction of sp³-hybridized carbons (Fsp3) is 0.360. The minimum Gasteiger partial charge on any atom is -0.493 e. The van der Waals surface area contributed by atoms with Crippen molar-refractivity contribution in [2.45, 2.75) is 27.4 Å². The van der Waals surface area contributed by atoms with E-state index in [4.69, 9.17) is 18.5 Å². The summed E-state index contributed by atoms with van der Waals surface area (Å²) in [5, 5.41) is 7.69. The first kappa shape index (κ1) is 24.1. The van der Waals surface area contributed by atoms with Crippen molar-refractivity contribution in [3.8, 4) is 11.5 Å². The minimum atomic E-state index is -0.211. The Kier molecular flexibility index (Phi) is 7.19. The van der Waals surface area contributed by atoms with Gasteiger partial charge in [-0.3, -0.25) is 9.59 Å². The maximum Gasteiger partial charge on any atom is 0.292 e. The van der Waals surface area contributed by atoms with E-state index in [1.54, 1.807) is 42.0 Å². The van der Waals surface area contributed by atoms with Gasteiger partial charge in [0.05, 0.1) is 24.1 Å². The van der Waals surface area contributed by atoms with Crippen molar-refractivity contribution >= 4 is 17.9 Å². The highest BCUT2D eigenvalue weighted by Crippen LogP contribution is 2.30. The molecule has 0 N–H and O–H groups in total. The predicted molar refractivity (Wildman–Crippen MR) is 126 cm³/mol. The molecule has 3 heterocycles. The van der Waals surface area contributed by atoms with Crippen LogP contribution in [-0.2, 0) is 11.4 Å². The molecule has 1 aromatic carbocycles. The first-order chi connectivity index (χ1) is 16.9. The van der Waals surface area contributed by atoms with Gasteiger partial charge in [-0.25, -0.2) is 0 Å². The van der Waals surface area contributed by atoms with Crippen molar-refractivity contribution in [1.82, 2.24) is 20.1 Å². The normalized spacial score (nSPS) is 13.9. The van der Waals surface area contributed by atoms with Gasteiger partial charge >= 0.3 is 0 Å². The summed E-state index contributed by atoms with van der Waals surface area (Å²) < 4.78 is 21.6. The maximum absolute atomic E-state index is 12.7. The second-order valence-electron chi connectivity index (χ2n) is 8.29. The Balaban J connectivity index is 1.32. The Morgan fingerprint density at radius 3 is 2.37 bits per heavy atom. The second-order valence-corrected chi connectivity index (χ2v) is 8.29. The highest BCUT2D eigenvalue weighted by Gasteiger charge is 2.26. The van der Waals surface area contributed by atoms with Gasteiger partial charge in [-0.2, -0.15) is 0 Å². The SMILES string of the molecule is COc1cc(/C=C/C(=O)N2CCN(C(=O)c3cc(C)no3)CC2)ccc1OCc1c(C)noc1C. The van der Waals surface area contributed by atoms with Crippen molar-refractivity contribution in [3.05, 3.63) is 64.4 Å². The third-order valence-electron chi connectivity index (χ3n) is 5.88. The summed E-state index contributed by atoms with van der Waals surface area (Å²) in [4.78, 5) is 28.5. The molecule has 0 aliphatic carbocycles. The molecule has 1 aliphatic rings. The number of piperazine rings is 1. The van der Waals surface area contributed by atoms with Crippen molar-refractivity contribution in [1.29, 1.82) is 0 Å². The van der Waals surface area contributed by atoms with E-state index in [1.165, 1.54) is 6.08 Å². The Morgan fingerprint density at radius 2 is 1.74 bits per heavy atom. The van der Waals surface area contributed by atoms with Gasteiger partial charge in [-0.15, -0.1) is 0 Å². The second kappa shape index (κ2) is 10.5. The third kappa shape index (κ3) is 5.53. The molecule has 0 unspecified atom stereocenters. The van der Waals surface area contributed by atoms with Crippen molar-refractivity contribution < 1.29 is 28.1 Å². The number of carbonyl (C=O) groups excluding carboxylic acids is 2. The summed E-state index contributed by atoms with van der Waals surface area (Å²) in [6.45, 7) is 7.55. The first-order valence-electron chi connectivity index (χ1n) is 11.3. The van der Waals surface area contributed by atoms with Crippen molar-refractivity contribution in [2.75, 3.05) is 33.3 Å². The summed E-state index contributed by atoms with van der Waals surface area (Å²) >= 11 is 0. The molecule has 2 amide bonds. The molecule has 4 rings (SSSR count). The molecule has 184 valence electrons. The number of aryl methyl sites for hydroxylation is 3. The van der Waals surface area contributed by atoms with Crippen molar-refractivity contribution in [3.63, 3.8) is 0 Å². The molecule has 3 aromatic rings. The lowest BCUT2D eigenvalue weighted by molar-refractivity contribution is -0.127. The van der Waals surface area contributed by atoms with E-state index >= 15 is 0 Å². The molecule has 0 atom stereocenters. The Bertz CT molecular complexity index is 1220. The number of methoxy groups -OCH3 is 1. The highest BCUT2D eigenvalue weighted by molar-refractivity contribution is 5.93. The fourth-order valence-corrected chi connectivity index (χ4v) is 3.79. The van der Waals surface area contributed by atoms with Gasteiger partial charge in [0.1, 0.15) is 12.4 Å². The van der Waals surface area contributed by atoms with Crippen LogP contribution in [0.4, 0.5) is 0 Å². The lowest BCUT2D eigenvalue weighted by Gasteiger charge is -2.33. The first-order valence-corrected chi connectivity index (χ1v) is 11.3. The molecule has 10 nitrogen and oxygen atoms in total. The Labute approximate surface area is 203 Å². The highest BCUT2D eigenvalue weighted by atomic mass is 16.5. The van der Waals surface area contributed by atoms with Crippen LogP contribution >= 0.6 is 0 Å². The van der Waals surface area contributed by atoms with Crippen LogP contribution in [0.1, 0.15) is 38.8 Å². The van der Waals surface area contributed by atoms with E-state index in [9.17, 15) is 9.59 Å². The Hall–Kier alpha value is -4.08. The molecule has 1 aliphatic heterocycles. The number of carbonyl (C=O) groups is 2. The van der Waals surface area contributed by atoms with Crippen LogP contribution in [0.15, 0.2) is 39.4 Å². The van der Waals surface area contributed by atoms with Crippen LogP contribution in [0.5, 0.6) is 11.5 Å². The van der Waals surface area contributed by atoms with Crippen LogP contribution in [0.2, 0.25) is 0 Å². The Morgan fingerprint density at radius 1 is 1.00 bits per heavy atom. The van der Waals surface area contributed by atoms with Crippen LogP contribution in [0.25, 0.3) is 6.08 Å². The van der Waals surface area contributed by atoms with Crippen LogP contribution in [0.3, 0.4) is 0 Å². The van der Waals surface area contributed by atoms with Crippen LogP contribution in [0, 0.1) is 20.8 Å². The lowest BCUT2D eigenvalue weighted by Crippen LogP contribution is -2.50. The molecule has 0 spiro atoms. The summed E-state index contributed by atoms with van der Waals surface area (Å²) in [6.07, 6.45) is 3.26. The number of nitrogens with zero attached hydrogens (tertiary/aromatic N) is 4. The van der Waals surface area contributed by atoms with E-state index < -0.39 is 0 Å². The molecule has 10 heteroatoms. The minimum absolute atomic E-state index is 0.120. The molecule has 1 saturated heterocycles. The number of aromatic nitrogens is 2. The number of amides is 2. The fourth-order valence-electron chi connectivity index (χ4n) is 3.79. The third-order valence-corrected chi connectivity index (χ3v) is 5.88. The number of benzene rings is 1. The molecular weight excluding hydrogens is 452 g/mol. The van der Waals surface area contributed by atoms with Gasteiger partial charge in [-0.05, 0) is 44.5 Å². The smallest absolute Gasteiger partial charge is 0.292 e. The van der Waals surface area contributed by atoms with Gasteiger partial charge in [-0.1, -0.05) is 16.4 Å². The number of hydrogen-bond donors (Lipinski definition) is 0. The molecule has 0 radical (unpaired) electrons. The molecule has 0 bridgehead atoms. The molecule has 0 saturated carbocycles. The summed E-state index contributed by atoms with van der Waals surface area (Å²) in [5.74, 6) is 1.75. The summed E-state index contributed by atoms with van der Waals surface area (Å²) in [7, 11) is 1.57. The van der Waals surface area contributed by atoms with Gasteiger partial charge in [0, 0.05) is 38.3 Å². The van der Waals surface area contributed by atoms with E-state index in [0.717, 1.165) is 22.6 Å². The quantitative estimate of drug-likeness (QED) is 0.474. The maximum atomic E-state index is 12.7. The lowest BCUT2D eigenvalue weighted by atomic mass is 10.1. The number of rotatable bonds is 7. The number of hydrogen-bond acceptors (Lipinski definition) is 8. The average Bonchev–Trinajstić information content (AvgIpc) is 3.45. The van der Waals surface area contributed by atoms with Gasteiger partial charge < -0.3 is 28.3 Å². The monoisotopic (exact) mass is 480 g/mol. The van der Waals surface area contributed by atoms with Gasteiger partial charge in [0.15, 0.2) is 11.5 Å². The molecule has 1 fully saturated rings.